The molecule has 2 unspecified atom stereocenters. The van der Waals surface area contributed by atoms with Gasteiger partial charge in [-0.3, -0.25) is 9.59 Å². The maximum absolute atomic E-state index is 12.6. The van der Waals surface area contributed by atoms with Crippen LogP contribution in [0.1, 0.15) is 30.6 Å². The van der Waals surface area contributed by atoms with Gasteiger partial charge in [-0.25, -0.2) is 4.98 Å². The molecule has 2 atom stereocenters. The second-order valence-electron chi connectivity index (χ2n) is 6.90. The van der Waals surface area contributed by atoms with E-state index in [2.05, 4.69) is 10.3 Å². The van der Waals surface area contributed by atoms with Gasteiger partial charge < -0.3 is 15.1 Å². The van der Waals surface area contributed by atoms with E-state index in [9.17, 15) is 9.59 Å². The zero-order valence-electron chi connectivity index (χ0n) is 15.3. The quantitative estimate of drug-likeness (QED) is 0.847. The van der Waals surface area contributed by atoms with Gasteiger partial charge >= 0.3 is 0 Å². The lowest BCUT2D eigenvalue weighted by Crippen LogP contribution is -2.30. The highest BCUT2D eigenvalue weighted by molar-refractivity contribution is 7.13. The fourth-order valence-electron chi connectivity index (χ4n) is 3.16. The van der Waals surface area contributed by atoms with Crippen LogP contribution in [0.2, 0.25) is 0 Å². The first-order valence-electron chi connectivity index (χ1n) is 8.68. The van der Waals surface area contributed by atoms with Crippen LogP contribution in [0.15, 0.2) is 35.7 Å². The molecule has 2 aromatic rings. The minimum Gasteiger partial charge on any atom is -0.335 e. The molecular formula is C19H24N4O2S. The number of likely N-dealkylation sites (tertiary alicyclic amines) is 1. The first-order chi connectivity index (χ1) is 12.4. The predicted molar refractivity (Wildman–Crippen MR) is 103 cm³/mol. The van der Waals surface area contributed by atoms with Gasteiger partial charge in [-0.1, -0.05) is 30.3 Å². The molecule has 2 amide bonds. The molecule has 7 heteroatoms. The lowest BCUT2D eigenvalue weighted by Gasteiger charge is -2.25. The van der Waals surface area contributed by atoms with Crippen LogP contribution >= 0.6 is 11.3 Å². The molecule has 1 N–H and O–H groups in total. The van der Waals surface area contributed by atoms with Gasteiger partial charge in [0.2, 0.25) is 11.8 Å². The van der Waals surface area contributed by atoms with E-state index in [0.717, 1.165) is 17.8 Å². The van der Waals surface area contributed by atoms with Crippen molar-refractivity contribution < 1.29 is 9.59 Å². The van der Waals surface area contributed by atoms with E-state index in [1.807, 2.05) is 61.6 Å². The molecule has 0 radical (unpaired) electrons. The molecule has 0 bridgehead atoms. The molecule has 1 aliphatic rings. The zero-order chi connectivity index (χ0) is 18.7. The van der Waals surface area contributed by atoms with E-state index in [-0.39, 0.29) is 30.2 Å². The minimum atomic E-state index is -0.338. The normalized spacial score (nSPS) is 18.4. The lowest BCUT2D eigenvalue weighted by atomic mass is 10.1. The van der Waals surface area contributed by atoms with E-state index in [4.69, 9.17) is 0 Å². The summed E-state index contributed by atoms with van der Waals surface area (Å²) in [6, 6.07) is 9.86. The second kappa shape index (κ2) is 7.97. The number of thiazole rings is 1. The number of benzene rings is 1. The van der Waals surface area contributed by atoms with Crippen LogP contribution in [-0.2, 0) is 16.1 Å². The average molecular weight is 372 g/mol. The fourth-order valence-corrected chi connectivity index (χ4v) is 3.87. The van der Waals surface area contributed by atoms with Crippen molar-refractivity contribution in [3.63, 3.8) is 0 Å². The number of rotatable bonds is 6. The van der Waals surface area contributed by atoms with Gasteiger partial charge in [0.15, 0.2) is 5.13 Å². The number of aromatic nitrogens is 1. The van der Waals surface area contributed by atoms with Crippen molar-refractivity contribution in [1.29, 1.82) is 0 Å². The first-order valence-corrected chi connectivity index (χ1v) is 9.56. The highest BCUT2D eigenvalue weighted by Crippen LogP contribution is 2.29. The molecule has 0 saturated carbocycles. The van der Waals surface area contributed by atoms with Crippen LogP contribution in [0, 0.1) is 5.92 Å². The summed E-state index contributed by atoms with van der Waals surface area (Å²) < 4.78 is 0. The van der Waals surface area contributed by atoms with Crippen LogP contribution in [0.25, 0.3) is 0 Å². The summed E-state index contributed by atoms with van der Waals surface area (Å²) in [5.74, 6) is -0.448. The van der Waals surface area contributed by atoms with Crippen molar-refractivity contribution in [2.45, 2.75) is 25.9 Å². The maximum Gasteiger partial charge on any atom is 0.231 e. The maximum atomic E-state index is 12.6. The minimum absolute atomic E-state index is 0.0222. The third-order valence-corrected chi connectivity index (χ3v) is 5.35. The van der Waals surface area contributed by atoms with E-state index in [1.54, 1.807) is 4.90 Å². The monoisotopic (exact) mass is 372 g/mol. The molecule has 0 aliphatic carbocycles. The number of carbonyl (C=O) groups is 2. The first kappa shape index (κ1) is 18.5. The van der Waals surface area contributed by atoms with Gasteiger partial charge in [0, 0.05) is 24.9 Å². The van der Waals surface area contributed by atoms with Crippen molar-refractivity contribution in [3.05, 3.63) is 47.0 Å². The van der Waals surface area contributed by atoms with Gasteiger partial charge in [0.05, 0.1) is 17.7 Å². The van der Waals surface area contributed by atoms with Crippen LogP contribution in [0.5, 0.6) is 0 Å². The molecule has 3 rings (SSSR count). The SMILES string of the molecule is CC(c1ccccc1)N1CC(C(=O)Nc2nc(CN(C)C)cs2)CC1=O. The fraction of sp³-hybridized carbons (Fsp3) is 0.421. The van der Waals surface area contributed by atoms with Crippen molar-refractivity contribution in [1.82, 2.24) is 14.8 Å². The molecule has 0 spiro atoms. The molecule has 1 aromatic carbocycles. The second-order valence-corrected chi connectivity index (χ2v) is 7.76. The highest BCUT2D eigenvalue weighted by atomic mass is 32.1. The van der Waals surface area contributed by atoms with Crippen molar-refractivity contribution in [2.24, 2.45) is 5.92 Å². The van der Waals surface area contributed by atoms with Crippen LogP contribution < -0.4 is 5.32 Å². The molecule has 1 aliphatic heterocycles. The Bertz CT molecular complexity index is 775. The Morgan fingerprint density at radius 1 is 1.38 bits per heavy atom. The summed E-state index contributed by atoms with van der Waals surface area (Å²) in [5.41, 5.74) is 2.01. The van der Waals surface area contributed by atoms with E-state index in [0.29, 0.717) is 11.7 Å². The van der Waals surface area contributed by atoms with Crippen molar-refractivity contribution in [2.75, 3.05) is 26.0 Å². The number of carbonyl (C=O) groups excluding carboxylic acids is 2. The third kappa shape index (κ3) is 4.28. The third-order valence-electron chi connectivity index (χ3n) is 4.54. The predicted octanol–water partition coefficient (Wildman–Crippen LogP) is 2.75. The Labute approximate surface area is 157 Å². The Morgan fingerprint density at radius 2 is 2.12 bits per heavy atom. The molecule has 2 heterocycles. The van der Waals surface area contributed by atoms with E-state index < -0.39 is 0 Å². The summed E-state index contributed by atoms with van der Waals surface area (Å²) in [6.07, 6.45) is 0.249. The number of hydrogen-bond donors (Lipinski definition) is 1. The number of hydrogen-bond acceptors (Lipinski definition) is 5. The van der Waals surface area contributed by atoms with Crippen LogP contribution in [0.3, 0.4) is 0 Å². The number of nitrogens with one attached hydrogen (secondary N) is 1. The summed E-state index contributed by atoms with van der Waals surface area (Å²) >= 11 is 1.42. The van der Waals surface area contributed by atoms with Gasteiger partial charge in [0.25, 0.3) is 0 Å². The number of anilines is 1. The average Bonchev–Trinajstić information content (AvgIpc) is 3.21. The smallest absolute Gasteiger partial charge is 0.231 e. The van der Waals surface area contributed by atoms with Crippen LogP contribution in [0.4, 0.5) is 5.13 Å². The Morgan fingerprint density at radius 3 is 2.81 bits per heavy atom. The molecule has 26 heavy (non-hydrogen) atoms. The molecule has 138 valence electrons. The topological polar surface area (TPSA) is 65.5 Å². The van der Waals surface area contributed by atoms with E-state index in [1.165, 1.54) is 11.3 Å². The summed E-state index contributed by atoms with van der Waals surface area (Å²) in [4.78, 5) is 33.2. The van der Waals surface area contributed by atoms with Crippen molar-refractivity contribution in [3.8, 4) is 0 Å². The van der Waals surface area contributed by atoms with Gasteiger partial charge in [0.1, 0.15) is 0 Å². The molecule has 1 fully saturated rings. The number of amides is 2. The standard InChI is InChI=1S/C19H24N4O2S/c1-13(14-7-5-4-6-8-14)23-10-15(9-17(23)24)18(25)21-19-20-16(12-26-19)11-22(2)3/h4-8,12-13,15H,9-11H2,1-3H3,(H,20,21,25). The van der Waals surface area contributed by atoms with Gasteiger partial charge in [-0.05, 0) is 26.6 Å². The summed E-state index contributed by atoms with van der Waals surface area (Å²) in [6.45, 7) is 3.18. The van der Waals surface area contributed by atoms with Crippen LogP contribution in [-0.4, -0.2) is 47.2 Å². The number of nitrogens with zero attached hydrogens (tertiary/aromatic N) is 3. The molecular weight excluding hydrogens is 348 g/mol. The molecule has 6 nitrogen and oxygen atoms in total. The van der Waals surface area contributed by atoms with Gasteiger partial charge in [-0.15, -0.1) is 11.3 Å². The Kier molecular flexibility index (Phi) is 5.68. The Balaban J connectivity index is 1.61. The highest BCUT2D eigenvalue weighted by Gasteiger charge is 2.37. The lowest BCUT2D eigenvalue weighted by molar-refractivity contribution is -0.129. The molecule has 1 saturated heterocycles. The largest absolute Gasteiger partial charge is 0.335 e. The zero-order valence-corrected chi connectivity index (χ0v) is 16.1. The summed E-state index contributed by atoms with van der Waals surface area (Å²) in [7, 11) is 3.95. The summed E-state index contributed by atoms with van der Waals surface area (Å²) in [5, 5.41) is 5.40. The van der Waals surface area contributed by atoms with E-state index >= 15 is 0 Å². The molecule has 1 aromatic heterocycles. The van der Waals surface area contributed by atoms with Crippen molar-refractivity contribution >= 4 is 28.3 Å². The van der Waals surface area contributed by atoms with Gasteiger partial charge in [-0.2, -0.15) is 0 Å². The Hall–Kier alpha value is -2.25.